The minimum Gasteiger partial charge on any atom is -0.448 e. The van der Waals surface area contributed by atoms with Crippen molar-refractivity contribution in [1.29, 1.82) is 0 Å². The number of rotatable bonds is 5. The van der Waals surface area contributed by atoms with Gasteiger partial charge in [0.25, 0.3) is 0 Å². The quantitative estimate of drug-likeness (QED) is 0.886. The number of hydrogen-bond acceptors (Lipinski definition) is 3. The zero-order valence-corrected chi connectivity index (χ0v) is 11.6. The van der Waals surface area contributed by atoms with Crippen molar-refractivity contribution in [2.45, 2.75) is 25.8 Å². The van der Waals surface area contributed by atoms with Gasteiger partial charge in [-0.2, -0.15) is 0 Å². The minimum atomic E-state index is 0.186. The van der Waals surface area contributed by atoms with Crippen LogP contribution >= 0.6 is 22.9 Å². The lowest BCUT2D eigenvalue weighted by Gasteiger charge is -2.12. The van der Waals surface area contributed by atoms with Gasteiger partial charge >= 0.3 is 0 Å². The maximum absolute atomic E-state index is 5.80. The molecule has 2 aromatic rings. The molecule has 0 radical (unpaired) electrons. The zero-order valence-electron chi connectivity index (χ0n) is 10.00. The van der Waals surface area contributed by atoms with Crippen molar-refractivity contribution in [3.8, 4) is 0 Å². The third-order valence-corrected chi connectivity index (χ3v) is 4.21. The molecule has 2 heterocycles. The summed E-state index contributed by atoms with van der Waals surface area (Å²) < 4.78 is 5.45. The van der Waals surface area contributed by atoms with Gasteiger partial charge < -0.3 is 9.73 Å². The van der Waals surface area contributed by atoms with Gasteiger partial charge in [0.2, 0.25) is 0 Å². The fourth-order valence-corrected chi connectivity index (χ4v) is 2.94. The number of likely N-dealkylation sites (N-methyl/N-ethyl adjacent to an activating group) is 1. The molecule has 0 saturated heterocycles. The van der Waals surface area contributed by atoms with E-state index in [0.29, 0.717) is 5.22 Å². The highest BCUT2D eigenvalue weighted by molar-refractivity contribution is 7.11. The van der Waals surface area contributed by atoms with Gasteiger partial charge in [-0.25, -0.2) is 0 Å². The van der Waals surface area contributed by atoms with Gasteiger partial charge in [-0.1, -0.05) is 6.92 Å². The van der Waals surface area contributed by atoms with E-state index >= 15 is 0 Å². The highest BCUT2D eigenvalue weighted by Crippen LogP contribution is 2.26. The van der Waals surface area contributed by atoms with E-state index in [1.54, 1.807) is 6.07 Å². The highest BCUT2D eigenvalue weighted by Gasteiger charge is 2.15. The fourth-order valence-electron chi connectivity index (χ4n) is 1.78. The zero-order chi connectivity index (χ0) is 12.3. The van der Waals surface area contributed by atoms with E-state index in [-0.39, 0.29) is 6.04 Å². The van der Waals surface area contributed by atoms with E-state index in [4.69, 9.17) is 16.0 Å². The van der Waals surface area contributed by atoms with Crippen LogP contribution in [0.1, 0.15) is 28.5 Å². The van der Waals surface area contributed by atoms with Crippen LogP contribution in [0, 0.1) is 0 Å². The summed E-state index contributed by atoms with van der Waals surface area (Å²) in [6.07, 6.45) is 2.03. The van der Waals surface area contributed by atoms with Gasteiger partial charge in [0.05, 0.1) is 6.04 Å². The van der Waals surface area contributed by atoms with Gasteiger partial charge in [-0.3, -0.25) is 0 Å². The molecule has 2 rings (SSSR count). The van der Waals surface area contributed by atoms with Crippen molar-refractivity contribution < 1.29 is 4.42 Å². The van der Waals surface area contributed by atoms with Crippen LogP contribution in [-0.4, -0.2) is 7.05 Å². The average Bonchev–Trinajstić information content (AvgIpc) is 2.94. The van der Waals surface area contributed by atoms with Gasteiger partial charge in [0, 0.05) is 16.2 Å². The molecule has 92 valence electrons. The van der Waals surface area contributed by atoms with Crippen LogP contribution in [0.5, 0.6) is 0 Å². The normalized spacial score (nSPS) is 12.9. The van der Waals surface area contributed by atoms with Crippen LogP contribution < -0.4 is 5.32 Å². The first-order chi connectivity index (χ1) is 8.22. The summed E-state index contributed by atoms with van der Waals surface area (Å²) in [5.74, 6) is 0.893. The summed E-state index contributed by atoms with van der Waals surface area (Å²) in [6.45, 7) is 2.18. The van der Waals surface area contributed by atoms with Crippen molar-refractivity contribution in [3.63, 3.8) is 0 Å². The monoisotopic (exact) mass is 269 g/mol. The SMILES string of the molecule is CCc1ccc(CC(NC)c2ccc(Cl)o2)s1. The Bertz CT molecular complexity index is 477. The standard InChI is InChI=1S/C13H16ClNOS/c1-3-9-4-5-10(17-9)8-11(15-2)12-6-7-13(14)16-12/h4-7,11,15H,3,8H2,1-2H3. The molecular formula is C13H16ClNOS. The molecule has 2 nitrogen and oxygen atoms in total. The van der Waals surface area contributed by atoms with E-state index in [0.717, 1.165) is 18.6 Å². The van der Waals surface area contributed by atoms with Crippen molar-refractivity contribution in [1.82, 2.24) is 5.32 Å². The Balaban J connectivity index is 2.09. The maximum atomic E-state index is 5.80. The Labute approximate surface area is 111 Å². The van der Waals surface area contributed by atoms with Gasteiger partial charge in [-0.15, -0.1) is 11.3 Å². The number of nitrogens with one attached hydrogen (secondary N) is 1. The van der Waals surface area contributed by atoms with Crippen molar-refractivity contribution >= 4 is 22.9 Å². The first-order valence-electron chi connectivity index (χ1n) is 5.73. The van der Waals surface area contributed by atoms with Crippen LogP contribution in [0.4, 0.5) is 0 Å². The lowest BCUT2D eigenvalue weighted by Crippen LogP contribution is -2.17. The van der Waals surface area contributed by atoms with Crippen LogP contribution in [-0.2, 0) is 12.8 Å². The first kappa shape index (κ1) is 12.7. The molecule has 0 aromatic carbocycles. The molecule has 0 aliphatic heterocycles. The van der Waals surface area contributed by atoms with E-state index in [2.05, 4.69) is 24.4 Å². The van der Waals surface area contributed by atoms with Crippen LogP contribution in [0.3, 0.4) is 0 Å². The number of halogens is 1. The second-order valence-corrected chi connectivity index (χ2v) is 5.53. The average molecular weight is 270 g/mol. The van der Waals surface area contributed by atoms with E-state index in [1.807, 2.05) is 24.5 Å². The van der Waals surface area contributed by atoms with Crippen molar-refractivity contribution in [3.05, 3.63) is 45.0 Å². The number of aryl methyl sites for hydroxylation is 1. The molecule has 4 heteroatoms. The second kappa shape index (κ2) is 5.71. The summed E-state index contributed by atoms with van der Waals surface area (Å²) >= 11 is 7.66. The van der Waals surface area contributed by atoms with Crippen molar-refractivity contribution in [2.75, 3.05) is 7.05 Å². The summed E-state index contributed by atoms with van der Waals surface area (Å²) in [6, 6.07) is 8.29. The van der Waals surface area contributed by atoms with E-state index in [1.165, 1.54) is 9.75 Å². The molecule has 1 unspecified atom stereocenters. The summed E-state index contributed by atoms with van der Waals surface area (Å²) in [4.78, 5) is 2.79. The summed E-state index contributed by atoms with van der Waals surface area (Å²) in [5.41, 5.74) is 0. The molecule has 0 saturated carbocycles. The number of furan rings is 1. The predicted octanol–water partition coefficient (Wildman–Crippen LogP) is 4.06. The number of hydrogen-bond donors (Lipinski definition) is 1. The second-order valence-electron chi connectivity index (χ2n) is 3.91. The molecule has 0 fully saturated rings. The third kappa shape index (κ3) is 3.12. The van der Waals surface area contributed by atoms with Gasteiger partial charge in [0.1, 0.15) is 5.76 Å². The predicted molar refractivity (Wildman–Crippen MR) is 72.9 cm³/mol. The Hall–Kier alpha value is -0.770. The van der Waals surface area contributed by atoms with Crippen LogP contribution in [0.25, 0.3) is 0 Å². The topological polar surface area (TPSA) is 25.2 Å². The Kier molecular flexibility index (Phi) is 4.26. The van der Waals surface area contributed by atoms with Crippen LogP contribution in [0.2, 0.25) is 5.22 Å². The molecular weight excluding hydrogens is 254 g/mol. The molecule has 0 aliphatic carbocycles. The molecule has 0 spiro atoms. The third-order valence-electron chi connectivity index (χ3n) is 2.76. The molecule has 0 amide bonds. The highest BCUT2D eigenvalue weighted by atomic mass is 35.5. The Morgan fingerprint density at radius 2 is 2.06 bits per heavy atom. The molecule has 0 bridgehead atoms. The van der Waals surface area contributed by atoms with Gasteiger partial charge in [-0.05, 0) is 49.3 Å². The largest absolute Gasteiger partial charge is 0.448 e. The Morgan fingerprint density at radius 1 is 1.29 bits per heavy atom. The summed E-state index contributed by atoms with van der Waals surface area (Å²) in [5, 5.41) is 3.71. The Morgan fingerprint density at radius 3 is 2.59 bits per heavy atom. The van der Waals surface area contributed by atoms with Crippen molar-refractivity contribution in [2.24, 2.45) is 0 Å². The molecule has 17 heavy (non-hydrogen) atoms. The van der Waals surface area contributed by atoms with Gasteiger partial charge in [0.15, 0.2) is 5.22 Å². The van der Waals surface area contributed by atoms with Crippen LogP contribution in [0.15, 0.2) is 28.7 Å². The maximum Gasteiger partial charge on any atom is 0.193 e. The number of thiophene rings is 1. The lowest BCUT2D eigenvalue weighted by molar-refractivity contribution is 0.432. The fraction of sp³-hybridized carbons (Fsp3) is 0.385. The van der Waals surface area contributed by atoms with E-state index in [9.17, 15) is 0 Å². The first-order valence-corrected chi connectivity index (χ1v) is 6.92. The summed E-state index contributed by atoms with van der Waals surface area (Å²) in [7, 11) is 1.94. The smallest absolute Gasteiger partial charge is 0.193 e. The molecule has 1 N–H and O–H groups in total. The minimum absolute atomic E-state index is 0.186. The molecule has 1 atom stereocenters. The lowest BCUT2D eigenvalue weighted by atomic mass is 10.1. The molecule has 2 aromatic heterocycles. The van der Waals surface area contributed by atoms with E-state index < -0.39 is 0 Å². The molecule has 0 aliphatic rings.